The van der Waals surface area contributed by atoms with Gasteiger partial charge in [-0.05, 0) is 6.42 Å². The maximum atomic E-state index is 9.96. The zero-order chi connectivity index (χ0) is 5.70. The van der Waals surface area contributed by atoms with E-state index >= 15 is 0 Å². The molecular formula is C4H8BrNO. The van der Waals surface area contributed by atoms with E-state index < -0.39 is 0 Å². The standard InChI is InChI=1S/C4H8BrNO/c5-3-1-2-4(6)7/h1-3H2,(H2,6,7). The van der Waals surface area contributed by atoms with Gasteiger partial charge in [0.15, 0.2) is 0 Å². The van der Waals surface area contributed by atoms with Crippen LogP contribution in [-0.2, 0) is 4.79 Å². The lowest BCUT2D eigenvalue weighted by molar-refractivity contribution is -0.118. The molecular weight excluding hydrogens is 158 g/mol. The van der Waals surface area contributed by atoms with Gasteiger partial charge >= 0.3 is 0 Å². The van der Waals surface area contributed by atoms with E-state index in [4.69, 9.17) is 5.73 Å². The molecule has 0 fully saturated rings. The normalized spacial score (nSPS) is 8.71. The second kappa shape index (κ2) is 4.12. The minimum Gasteiger partial charge on any atom is -0.370 e. The SMILES string of the molecule is NC(=O)CCCBr. The lowest BCUT2D eigenvalue weighted by Gasteiger charge is -1.85. The molecule has 3 heteroatoms. The Balaban J connectivity index is 2.82. The number of rotatable bonds is 3. The van der Waals surface area contributed by atoms with Gasteiger partial charge in [0.1, 0.15) is 0 Å². The van der Waals surface area contributed by atoms with Crippen LogP contribution in [0.15, 0.2) is 0 Å². The Bertz CT molecular complexity index is 64.7. The van der Waals surface area contributed by atoms with Crippen LogP contribution in [0.2, 0.25) is 0 Å². The molecule has 0 heterocycles. The number of carbonyl (C=O) groups is 1. The van der Waals surface area contributed by atoms with Crippen molar-refractivity contribution in [2.24, 2.45) is 5.73 Å². The Morgan fingerprint density at radius 1 is 1.71 bits per heavy atom. The molecule has 0 aliphatic heterocycles. The molecule has 7 heavy (non-hydrogen) atoms. The van der Waals surface area contributed by atoms with E-state index in [1.54, 1.807) is 0 Å². The van der Waals surface area contributed by atoms with Crippen LogP contribution >= 0.6 is 15.9 Å². The highest BCUT2D eigenvalue weighted by Gasteiger charge is 1.88. The third-order valence-electron chi connectivity index (χ3n) is 0.557. The Morgan fingerprint density at radius 3 is 2.43 bits per heavy atom. The minimum atomic E-state index is -0.223. The van der Waals surface area contributed by atoms with Gasteiger partial charge in [-0.3, -0.25) is 4.79 Å². The maximum absolute atomic E-state index is 9.96. The maximum Gasteiger partial charge on any atom is 0.217 e. The summed E-state index contributed by atoms with van der Waals surface area (Å²) in [5.74, 6) is -0.223. The van der Waals surface area contributed by atoms with Crippen LogP contribution in [0.1, 0.15) is 12.8 Å². The molecule has 0 rings (SSSR count). The van der Waals surface area contributed by atoms with Gasteiger partial charge in [-0.25, -0.2) is 0 Å². The summed E-state index contributed by atoms with van der Waals surface area (Å²) in [5.41, 5.74) is 4.82. The molecule has 0 saturated heterocycles. The molecule has 0 spiro atoms. The van der Waals surface area contributed by atoms with Crippen molar-refractivity contribution in [2.75, 3.05) is 5.33 Å². The fourth-order valence-electron chi connectivity index (χ4n) is 0.241. The molecule has 1 amide bonds. The first kappa shape index (κ1) is 6.95. The number of alkyl halides is 1. The molecule has 0 atom stereocenters. The van der Waals surface area contributed by atoms with Crippen LogP contribution in [0.25, 0.3) is 0 Å². The van der Waals surface area contributed by atoms with Crippen molar-refractivity contribution in [3.05, 3.63) is 0 Å². The van der Waals surface area contributed by atoms with Crippen molar-refractivity contribution in [3.63, 3.8) is 0 Å². The smallest absolute Gasteiger partial charge is 0.217 e. The van der Waals surface area contributed by atoms with Crippen molar-refractivity contribution >= 4 is 21.8 Å². The molecule has 0 radical (unpaired) electrons. The van der Waals surface area contributed by atoms with E-state index in [1.165, 1.54) is 0 Å². The van der Waals surface area contributed by atoms with Gasteiger partial charge in [-0.1, -0.05) is 15.9 Å². The van der Waals surface area contributed by atoms with Crippen molar-refractivity contribution in [3.8, 4) is 0 Å². The van der Waals surface area contributed by atoms with Crippen LogP contribution in [0, 0.1) is 0 Å². The Labute approximate surface area is 51.2 Å². The molecule has 42 valence electrons. The fraction of sp³-hybridized carbons (Fsp3) is 0.750. The first-order chi connectivity index (χ1) is 3.27. The van der Waals surface area contributed by atoms with Gasteiger partial charge < -0.3 is 5.73 Å². The van der Waals surface area contributed by atoms with Crippen LogP contribution in [-0.4, -0.2) is 11.2 Å². The van der Waals surface area contributed by atoms with Gasteiger partial charge in [0.05, 0.1) is 0 Å². The van der Waals surface area contributed by atoms with E-state index in [2.05, 4.69) is 15.9 Å². The molecule has 0 unspecified atom stereocenters. The monoisotopic (exact) mass is 165 g/mol. The molecule has 2 nitrogen and oxygen atoms in total. The zero-order valence-electron chi connectivity index (χ0n) is 3.98. The average molecular weight is 166 g/mol. The number of primary amides is 1. The lowest BCUT2D eigenvalue weighted by atomic mass is 10.3. The summed E-state index contributed by atoms with van der Waals surface area (Å²) in [4.78, 5) is 9.96. The highest BCUT2D eigenvalue weighted by molar-refractivity contribution is 9.09. The summed E-state index contributed by atoms with van der Waals surface area (Å²) < 4.78 is 0. The first-order valence-corrected chi connectivity index (χ1v) is 3.24. The summed E-state index contributed by atoms with van der Waals surface area (Å²) in [6.45, 7) is 0. The zero-order valence-corrected chi connectivity index (χ0v) is 5.57. The van der Waals surface area contributed by atoms with Gasteiger partial charge in [0, 0.05) is 11.8 Å². The summed E-state index contributed by atoms with van der Waals surface area (Å²) in [6, 6.07) is 0. The van der Waals surface area contributed by atoms with Crippen LogP contribution < -0.4 is 5.73 Å². The highest BCUT2D eigenvalue weighted by Crippen LogP contribution is 1.90. The third-order valence-corrected chi connectivity index (χ3v) is 1.12. The van der Waals surface area contributed by atoms with Crippen LogP contribution in [0.3, 0.4) is 0 Å². The minimum absolute atomic E-state index is 0.223. The topological polar surface area (TPSA) is 43.1 Å². The predicted molar refractivity (Wildman–Crippen MR) is 32.2 cm³/mol. The largest absolute Gasteiger partial charge is 0.370 e. The molecule has 0 aliphatic carbocycles. The van der Waals surface area contributed by atoms with Crippen molar-refractivity contribution < 1.29 is 4.79 Å². The summed E-state index contributed by atoms with van der Waals surface area (Å²) in [6.07, 6.45) is 1.33. The second-order valence-corrected chi connectivity index (χ2v) is 2.05. The summed E-state index contributed by atoms with van der Waals surface area (Å²) >= 11 is 3.17. The molecule has 0 aromatic carbocycles. The Hall–Kier alpha value is -0.0500. The Morgan fingerprint density at radius 2 is 2.29 bits per heavy atom. The van der Waals surface area contributed by atoms with Gasteiger partial charge in [-0.15, -0.1) is 0 Å². The predicted octanol–water partition coefficient (Wildman–Crippen LogP) is 0.647. The van der Waals surface area contributed by atoms with E-state index in [0.717, 1.165) is 11.8 Å². The average Bonchev–Trinajstić information content (AvgIpc) is 1.61. The number of hydrogen-bond acceptors (Lipinski definition) is 1. The first-order valence-electron chi connectivity index (χ1n) is 2.11. The van der Waals surface area contributed by atoms with Crippen molar-refractivity contribution in [1.29, 1.82) is 0 Å². The second-order valence-electron chi connectivity index (χ2n) is 1.26. The lowest BCUT2D eigenvalue weighted by Crippen LogP contribution is -2.09. The van der Waals surface area contributed by atoms with Crippen molar-refractivity contribution in [1.82, 2.24) is 0 Å². The van der Waals surface area contributed by atoms with Crippen molar-refractivity contribution in [2.45, 2.75) is 12.8 Å². The van der Waals surface area contributed by atoms with E-state index in [0.29, 0.717) is 6.42 Å². The number of carbonyl (C=O) groups excluding carboxylic acids is 1. The number of amides is 1. The summed E-state index contributed by atoms with van der Waals surface area (Å²) in [5, 5.41) is 0.857. The van der Waals surface area contributed by atoms with Crippen LogP contribution in [0.5, 0.6) is 0 Å². The third kappa shape index (κ3) is 5.95. The van der Waals surface area contributed by atoms with E-state index in [1.807, 2.05) is 0 Å². The molecule has 0 aromatic rings. The molecule has 0 aromatic heterocycles. The van der Waals surface area contributed by atoms with Gasteiger partial charge in [0.25, 0.3) is 0 Å². The van der Waals surface area contributed by atoms with Gasteiger partial charge in [0.2, 0.25) is 5.91 Å². The summed E-state index contributed by atoms with van der Waals surface area (Å²) in [7, 11) is 0. The number of nitrogens with two attached hydrogens (primary N) is 1. The number of hydrogen-bond donors (Lipinski definition) is 1. The quantitative estimate of drug-likeness (QED) is 0.614. The molecule has 0 bridgehead atoms. The molecule has 0 aliphatic rings. The Kier molecular flexibility index (Phi) is 4.09. The van der Waals surface area contributed by atoms with E-state index in [9.17, 15) is 4.79 Å². The highest BCUT2D eigenvalue weighted by atomic mass is 79.9. The van der Waals surface area contributed by atoms with Crippen LogP contribution in [0.4, 0.5) is 0 Å². The van der Waals surface area contributed by atoms with Gasteiger partial charge in [-0.2, -0.15) is 0 Å². The molecule has 0 saturated carbocycles. The number of halogens is 1. The molecule has 2 N–H and O–H groups in total. The fourth-order valence-corrected chi connectivity index (χ4v) is 0.521. The van der Waals surface area contributed by atoms with E-state index in [-0.39, 0.29) is 5.91 Å².